The quantitative estimate of drug-likeness (QED) is 0.684. The second-order valence-electron chi connectivity index (χ2n) is 3.37. The molecule has 1 aliphatic rings. The Balaban J connectivity index is 2.16. The van der Waals surface area contributed by atoms with Gasteiger partial charge in [-0.25, -0.2) is 0 Å². The first-order chi connectivity index (χ1) is 7.61. The molecule has 0 N–H and O–H groups in total. The van der Waals surface area contributed by atoms with E-state index >= 15 is 0 Å². The molecule has 92 valence electrons. The lowest BCUT2D eigenvalue weighted by molar-refractivity contribution is -0.175. The molecule has 5 nitrogen and oxygen atoms in total. The summed E-state index contributed by atoms with van der Waals surface area (Å²) in [4.78, 5) is 21.7. The van der Waals surface area contributed by atoms with Crippen LogP contribution in [0.4, 0.5) is 0 Å². The summed E-state index contributed by atoms with van der Waals surface area (Å²) < 4.78 is 15.2. The predicted molar refractivity (Wildman–Crippen MR) is 58.8 cm³/mol. The smallest absolute Gasteiger partial charge is 0.305 e. The Labute approximate surface area is 98.8 Å². The number of ether oxygens (including phenoxy) is 3. The van der Waals surface area contributed by atoms with Gasteiger partial charge >= 0.3 is 11.9 Å². The summed E-state index contributed by atoms with van der Waals surface area (Å²) in [6.07, 6.45) is 0.676. The van der Waals surface area contributed by atoms with Crippen LogP contribution in [0, 0.1) is 0 Å². The van der Waals surface area contributed by atoms with Gasteiger partial charge in [-0.3, -0.25) is 9.59 Å². The van der Waals surface area contributed by atoms with Crippen molar-refractivity contribution in [3.8, 4) is 0 Å². The van der Waals surface area contributed by atoms with E-state index in [0.717, 1.165) is 6.42 Å². The van der Waals surface area contributed by atoms with E-state index in [9.17, 15) is 9.59 Å². The summed E-state index contributed by atoms with van der Waals surface area (Å²) in [7, 11) is 0. The van der Waals surface area contributed by atoms with Gasteiger partial charge in [0.25, 0.3) is 0 Å². The summed E-state index contributed by atoms with van der Waals surface area (Å²) in [5, 5.41) is 0. The van der Waals surface area contributed by atoms with E-state index < -0.39 is 6.29 Å². The minimum absolute atomic E-state index is 0.210. The number of thioether (sulfide) groups is 1. The predicted octanol–water partition coefficient (Wildman–Crippen LogP) is 1.31. The largest absolute Gasteiger partial charge is 0.462 e. The molecule has 1 saturated heterocycles. The van der Waals surface area contributed by atoms with Crippen LogP contribution in [0.25, 0.3) is 0 Å². The standard InChI is InChI=1S/C10H16O5S/c1-3-4-8(12)13-5-10-15-9(6-16-10)14-7(2)11/h9-10H,3-6H2,1-2H3/t9-,10+/m0/s1. The lowest BCUT2D eigenvalue weighted by Gasteiger charge is -2.12. The fraction of sp³-hybridized carbons (Fsp3) is 0.800. The van der Waals surface area contributed by atoms with E-state index in [2.05, 4.69) is 0 Å². The molecule has 0 saturated carbocycles. The SMILES string of the molecule is CCCC(=O)OC[C@@H]1O[C@H](OC(C)=O)CS1. The van der Waals surface area contributed by atoms with Gasteiger partial charge in [0.05, 0.1) is 5.75 Å². The van der Waals surface area contributed by atoms with E-state index in [1.807, 2.05) is 6.92 Å². The van der Waals surface area contributed by atoms with Crippen LogP contribution >= 0.6 is 11.8 Å². The third-order valence-corrected chi connectivity index (χ3v) is 2.94. The average molecular weight is 248 g/mol. The fourth-order valence-corrected chi connectivity index (χ4v) is 2.09. The Morgan fingerprint density at radius 2 is 2.25 bits per heavy atom. The normalized spacial score (nSPS) is 24.1. The highest BCUT2D eigenvalue weighted by atomic mass is 32.2. The zero-order valence-corrected chi connectivity index (χ0v) is 10.2. The Kier molecular flexibility index (Phi) is 5.62. The molecule has 0 bridgehead atoms. The summed E-state index contributed by atoms with van der Waals surface area (Å²) in [6.45, 7) is 3.46. The fourth-order valence-electron chi connectivity index (χ4n) is 1.21. The highest BCUT2D eigenvalue weighted by Crippen LogP contribution is 2.26. The summed E-state index contributed by atoms with van der Waals surface area (Å²) in [5.74, 6) is -0.00729. The lowest BCUT2D eigenvalue weighted by atomic mass is 10.3. The number of carbonyl (C=O) groups is 2. The van der Waals surface area contributed by atoms with Gasteiger partial charge in [-0.15, -0.1) is 11.8 Å². The van der Waals surface area contributed by atoms with Crippen molar-refractivity contribution in [3.63, 3.8) is 0 Å². The van der Waals surface area contributed by atoms with E-state index in [1.54, 1.807) is 0 Å². The van der Waals surface area contributed by atoms with E-state index in [1.165, 1.54) is 18.7 Å². The van der Waals surface area contributed by atoms with E-state index in [-0.39, 0.29) is 24.0 Å². The van der Waals surface area contributed by atoms with Crippen molar-refractivity contribution < 1.29 is 23.8 Å². The zero-order chi connectivity index (χ0) is 12.0. The van der Waals surface area contributed by atoms with Crippen molar-refractivity contribution in [2.75, 3.05) is 12.4 Å². The van der Waals surface area contributed by atoms with Gasteiger partial charge in [-0.05, 0) is 6.42 Å². The van der Waals surface area contributed by atoms with Gasteiger partial charge in [0.2, 0.25) is 6.29 Å². The van der Waals surface area contributed by atoms with E-state index in [4.69, 9.17) is 14.2 Å². The highest BCUT2D eigenvalue weighted by molar-refractivity contribution is 8.00. The van der Waals surface area contributed by atoms with Gasteiger partial charge < -0.3 is 14.2 Å². The van der Waals surface area contributed by atoms with Crippen LogP contribution in [0.2, 0.25) is 0 Å². The molecule has 0 aromatic heterocycles. The molecule has 0 radical (unpaired) electrons. The lowest BCUT2D eigenvalue weighted by Crippen LogP contribution is -2.22. The maximum atomic E-state index is 11.1. The van der Waals surface area contributed by atoms with Gasteiger partial charge in [0.1, 0.15) is 12.0 Å². The molecule has 6 heteroatoms. The van der Waals surface area contributed by atoms with Gasteiger partial charge in [-0.2, -0.15) is 0 Å². The molecule has 0 aromatic carbocycles. The minimum Gasteiger partial charge on any atom is -0.462 e. The molecule has 1 fully saturated rings. The average Bonchev–Trinajstić information content (AvgIpc) is 2.62. The molecular weight excluding hydrogens is 232 g/mol. The van der Waals surface area contributed by atoms with Crippen molar-refractivity contribution in [3.05, 3.63) is 0 Å². The first-order valence-corrected chi connectivity index (χ1v) is 6.26. The Bertz CT molecular complexity index is 256. The summed E-state index contributed by atoms with van der Waals surface area (Å²) in [5.41, 5.74) is -0.231. The van der Waals surface area contributed by atoms with Crippen LogP contribution < -0.4 is 0 Å². The molecule has 0 amide bonds. The molecule has 2 atom stereocenters. The van der Waals surface area contributed by atoms with Crippen LogP contribution in [0.1, 0.15) is 26.7 Å². The Morgan fingerprint density at radius 3 is 2.88 bits per heavy atom. The third-order valence-electron chi connectivity index (χ3n) is 1.85. The first-order valence-electron chi connectivity index (χ1n) is 5.21. The third kappa shape index (κ3) is 4.85. The maximum absolute atomic E-state index is 11.1. The van der Waals surface area contributed by atoms with Crippen molar-refractivity contribution >= 4 is 23.7 Å². The Hall–Kier alpha value is -0.750. The molecule has 0 aliphatic carbocycles. The van der Waals surface area contributed by atoms with Crippen molar-refractivity contribution in [1.82, 2.24) is 0 Å². The van der Waals surface area contributed by atoms with Gasteiger partial charge in [0.15, 0.2) is 0 Å². The van der Waals surface area contributed by atoms with Crippen LogP contribution in [-0.4, -0.2) is 36.0 Å². The maximum Gasteiger partial charge on any atom is 0.305 e. The molecule has 16 heavy (non-hydrogen) atoms. The second-order valence-corrected chi connectivity index (χ2v) is 4.56. The van der Waals surface area contributed by atoms with Crippen LogP contribution in [0.5, 0.6) is 0 Å². The van der Waals surface area contributed by atoms with Crippen LogP contribution in [-0.2, 0) is 23.8 Å². The Morgan fingerprint density at radius 1 is 1.50 bits per heavy atom. The number of rotatable bonds is 5. The van der Waals surface area contributed by atoms with Crippen molar-refractivity contribution in [2.45, 2.75) is 38.4 Å². The highest BCUT2D eigenvalue weighted by Gasteiger charge is 2.28. The second kappa shape index (κ2) is 6.75. The first kappa shape index (κ1) is 13.3. The van der Waals surface area contributed by atoms with Gasteiger partial charge in [-0.1, -0.05) is 6.92 Å². The van der Waals surface area contributed by atoms with Crippen molar-refractivity contribution in [1.29, 1.82) is 0 Å². The molecule has 0 spiro atoms. The summed E-state index contributed by atoms with van der Waals surface area (Å²) in [6, 6.07) is 0. The van der Waals surface area contributed by atoms with Crippen LogP contribution in [0.15, 0.2) is 0 Å². The topological polar surface area (TPSA) is 61.8 Å². The monoisotopic (exact) mass is 248 g/mol. The van der Waals surface area contributed by atoms with Crippen LogP contribution in [0.3, 0.4) is 0 Å². The van der Waals surface area contributed by atoms with Crippen molar-refractivity contribution in [2.24, 2.45) is 0 Å². The molecule has 0 unspecified atom stereocenters. The van der Waals surface area contributed by atoms with E-state index in [0.29, 0.717) is 12.2 Å². The summed E-state index contributed by atoms with van der Waals surface area (Å²) >= 11 is 1.48. The molecular formula is C10H16O5S. The molecule has 1 aliphatic heterocycles. The minimum atomic E-state index is -0.516. The molecule has 1 heterocycles. The van der Waals surface area contributed by atoms with Gasteiger partial charge in [0, 0.05) is 13.3 Å². The molecule has 1 rings (SSSR count). The number of hydrogen-bond donors (Lipinski definition) is 0. The number of esters is 2. The molecule has 0 aromatic rings. The zero-order valence-electron chi connectivity index (χ0n) is 9.43. The number of carbonyl (C=O) groups excluding carboxylic acids is 2. The number of hydrogen-bond acceptors (Lipinski definition) is 6.